The molecule has 1 aromatic carbocycles. The zero-order chi connectivity index (χ0) is 13.4. The third-order valence-corrected chi connectivity index (χ3v) is 4.30. The Morgan fingerprint density at radius 2 is 2.00 bits per heavy atom. The van der Waals surface area contributed by atoms with Crippen LogP contribution in [0.5, 0.6) is 0 Å². The van der Waals surface area contributed by atoms with Gasteiger partial charge in [-0.1, -0.05) is 24.3 Å². The van der Waals surface area contributed by atoms with Crippen LogP contribution < -0.4 is 5.73 Å². The lowest BCUT2D eigenvalue weighted by Crippen LogP contribution is -2.25. The third-order valence-electron chi connectivity index (χ3n) is 3.26. The topological polar surface area (TPSA) is 59.2 Å². The maximum Gasteiger partial charge on any atom is 0.273 e. The average molecular weight is 273 g/mol. The molecule has 0 aliphatic carbocycles. The number of carbonyl (C=O) groups is 1. The highest BCUT2D eigenvalue weighted by Crippen LogP contribution is 2.25. The normalized spacial score (nSPS) is 15.4. The van der Waals surface area contributed by atoms with Gasteiger partial charge in [-0.25, -0.2) is 4.98 Å². The number of hydrogen-bond donors (Lipinski definition) is 1. The molecular formula is C14H15N3OS. The molecule has 0 radical (unpaired) electrons. The van der Waals surface area contributed by atoms with Crippen LogP contribution in [0.15, 0.2) is 29.6 Å². The Kier molecular flexibility index (Phi) is 3.08. The molecule has 1 amide bonds. The summed E-state index contributed by atoms with van der Waals surface area (Å²) in [6, 6.07) is 8.02. The maximum atomic E-state index is 12.4. The Hall–Kier alpha value is -1.72. The molecule has 1 aliphatic rings. The van der Waals surface area contributed by atoms with Gasteiger partial charge in [0, 0.05) is 18.5 Å². The third kappa shape index (κ3) is 2.27. The molecule has 98 valence electrons. The number of nitrogens with zero attached hydrogens (tertiary/aromatic N) is 2. The Labute approximate surface area is 115 Å². The molecule has 0 spiro atoms. The van der Waals surface area contributed by atoms with Crippen molar-refractivity contribution in [3.63, 3.8) is 0 Å². The minimum atomic E-state index is -0.123. The zero-order valence-corrected chi connectivity index (χ0v) is 11.5. The van der Waals surface area contributed by atoms with Gasteiger partial charge >= 0.3 is 0 Å². The largest absolute Gasteiger partial charge is 0.329 e. The van der Waals surface area contributed by atoms with Crippen molar-refractivity contribution < 1.29 is 4.79 Å². The van der Waals surface area contributed by atoms with Gasteiger partial charge in [0.15, 0.2) is 0 Å². The Bertz CT molecular complexity index is 596. The monoisotopic (exact) mass is 273 g/mol. The molecule has 2 aromatic rings. The second-order valence-corrected chi connectivity index (χ2v) is 5.68. The summed E-state index contributed by atoms with van der Waals surface area (Å²) in [5.74, 6) is -0.0145. The van der Waals surface area contributed by atoms with Crippen LogP contribution in [0.2, 0.25) is 0 Å². The molecule has 3 rings (SSSR count). The van der Waals surface area contributed by atoms with Gasteiger partial charge in [-0.3, -0.25) is 4.79 Å². The molecule has 19 heavy (non-hydrogen) atoms. The van der Waals surface area contributed by atoms with Crippen LogP contribution in [0, 0.1) is 0 Å². The molecule has 0 saturated carbocycles. The van der Waals surface area contributed by atoms with Gasteiger partial charge in [0.2, 0.25) is 0 Å². The Morgan fingerprint density at radius 1 is 1.37 bits per heavy atom. The highest BCUT2D eigenvalue weighted by atomic mass is 32.1. The van der Waals surface area contributed by atoms with Crippen molar-refractivity contribution in [1.82, 2.24) is 9.88 Å². The van der Waals surface area contributed by atoms with Gasteiger partial charge in [0.05, 0.1) is 6.04 Å². The maximum absolute atomic E-state index is 12.4. The Morgan fingerprint density at radius 3 is 2.53 bits per heavy atom. The lowest BCUT2D eigenvalue weighted by molar-refractivity contribution is 0.0746. The number of carbonyl (C=O) groups excluding carboxylic acids is 1. The number of thiazole rings is 1. The fourth-order valence-corrected chi connectivity index (χ4v) is 2.99. The fraction of sp³-hybridized carbons (Fsp3) is 0.286. The smallest absolute Gasteiger partial charge is 0.273 e. The highest BCUT2D eigenvalue weighted by Gasteiger charge is 2.25. The molecule has 2 N–H and O–H groups in total. The van der Waals surface area contributed by atoms with Gasteiger partial charge in [0.1, 0.15) is 10.7 Å². The van der Waals surface area contributed by atoms with Crippen LogP contribution in [0.25, 0.3) is 0 Å². The van der Waals surface area contributed by atoms with E-state index in [0.717, 1.165) is 5.01 Å². The van der Waals surface area contributed by atoms with Gasteiger partial charge in [-0.05, 0) is 18.1 Å². The van der Waals surface area contributed by atoms with Crippen LogP contribution in [-0.4, -0.2) is 15.8 Å². The van der Waals surface area contributed by atoms with Crippen LogP contribution in [0.1, 0.15) is 39.6 Å². The predicted octanol–water partition coefficient (Wildman–Crippen LogP) is 2.32. The zero-order valence-electron chi connectivity index (χ0n) is 10.7. The fourth-order valence-electron chi connectivity index (χ4n) is 2.23. The molecule has 0 bridgehead atoms. The van der Waals surface area contributed by atoms with E-state index >= 15 is 0 Å². The molecule has 2 heterocycles. The summed E-state index contributed by atoms with van der Waals surface area (Å²) in [5.41, 5.74) is 8.72. The van der Waals surface area contributed by atoms with E-state index in [9.17, 15) is 4.79 Å². The van der Waals surface area contributed by atoms with Crippen molar-refractivity contribution in [3.05, 3.63) is 51.5 Å². The van der Waals surface area contributed by atoms with Crippen molar-refractivity contribution in [2.45, 2.75) is 26.1 Å². The van der Waals surface area contributed by atoms with E-state index in [2.05, 4.69) is 17.1 Å². The second kappa shape index (κ2) is 4.75. The van der Waals surface area contributed by atoms with Crippen LogP contribution >= 0.6 is 11.3 Å². The van der Waals surface area contributed by atoms with Crippen molar-refractivity contribution in [2.75, 3.05) is 0 Å². The standard InChI is InChI=1S/C14H15N3OS/c1-9(15)13-16-12(8-19-13)14(18)17-6-10-4-2-3-5-11(10)7-17/h2-5,8-9H,6-7,15H2,1H3. The van der Waals surface area contributed by atoms with Crippen LogP contribution in [0.4, 0.5) is 0 Å². The van der Waals surface area contributed by atoms with Crippen molar-refractivity contribution in [2.24, 2.45) is 5.73 Å². The van der Waals surface area contributed by atoms with Gasteiger partial charge < -0.3 is 10.6 Å². The Balaban J connectivity index is 1.79. The molecule has 1 atom stereocenters. The first-order valence-electron chi connectivity index (χ1n) is 6.22. The molecular weight excluding hydrogens is 258 g/mol. The van der Waals surface area contributed by atoms with Crippen molar-refractivity contribution in [1.29, 1.82) is 0 Å². The summed E-state index contributed by atoms with van der Waals surface area (Å²) in [4.78, 5) is 18.5. The van der Waals surface area contributed by atoms with Crippen LogP contribution in [0.3, 0.4) is 0 Å². The molecule has 0 saturated heterocycles. The number of aromatic nitrogens is 1. The number of benzene rings is 1. The number of nitrogens with two attached hydrogens (primary N) is 1. The van der Waals surface area contributed by atoms with Crippen LogP contribution in [-0.2, 0) is 13.1 Å². The summed E-state index contributed by atoms with van der Waals surface area (Å²) < 4.78 is 0. The summed E-state index contributed by atoms with van der Waals surface area (Å²) in [6.07, 6.45) is 0. The van der Waals surface area contributed by atoms with E-state index in [0.29, 0.717) is 18.8 Å². The number of hydrogen-bond acceptors (Lipinski definition) is 4. The summed E-state index contributed by atoms with van der Waals surface area (Å²) >= 11 is 1.45. The van der Waals surface area contributed by atoms with Gasteiger partial charge in [0.25, 0.3) is 5.91 Å². The molecule has 1 unspecified atom stereocenters. The van der Waals surface area contributed by atoms with E-state index in [1.807, 2.05) is 24.0 Å². The second-order valence-electron chi connectivity index (χ2n) is 4.79. The van der Waals surface area contributed by atoms with Gasteiger partial charge in [-0.15, -0.1) is 11.3 Å². The summed E-state index contributed by atoms with van der Waals surface area (Å²) in [6.45, 7) is 3.21. The SMILES string of the molecule is CC(N)c1nc(C(=O)N2Cc3ccccc3C2)cs1. The molecule has 5 heteroatoms. The van der Waals surface area contributed by atoms with E-state index in [-0.39, 0.29) is 11.9 Å². The van der Waals surface area contributed by atoms with Crippen molar-refractivity contribution >= 4 is 17.2 Å². The number of rotatable bonds is 2. The van der Waals surface area contributed by atoms with Gasteiger partial charge in [-0.2, -0.15) is 0 Å². The van der Waals surface area contributed by atoms with E-state index in [1.165, 1.54) is 22.5 Å². The summed E-state index contributed by atoms with van der Waals surface area (Å²) in [5, 5.41) is 2.60. The summed E-state index contributed by atoms with van der Waals surface area (Å²) in [7, 11) is 0. The lowest BCUT2D eigenvalue weighted by atomic mass is 10.1. The highest BCUT2D eigenvalue weighted by molar-refractivity contribution is 7.09. The lowest BCUT2D eigenvalue weighted by Gasteiger charge is -2.13. The van der Waals surface area contributed by atoms with E-state index in [4.69, 9.17) is 5.73 Å². The minimum Gasteiger partial charge on any atom is -0.329 e. The first-order valence-corrected chi connectivity index (χ1v) is 7.10. The van der Waals surface area contributed by atoms with E-state index in [1.54, 1.807) is 5.38 Å². The minimum absolute atomic E-state index is 0.0145. The van der Waals surface area contributed by atoms with E-state index < -0.39 is 0 Å². The molecule has 0 fully saturated rings. The molecule has 4 nitrogen and oxygen atoms in total. The average Bonchev–Trinajstić information content (AvgIpc) is 3.04. The first kappa shape index (κ1) is 12.3. The van der Waals surface area contributed by atoms with Crippen molar-refractivity contribution in [3.8, 4) is 0 Å². The molecule has 1 aromatic heterocycles. The predicted molar refractivity (Wildman–Crippen MR) is 74.7 cm³/mol. The molecule has 1 aliphatic heterocycles. The first-order chi connectivity index (χ1) is 9.15. The number of amides is 1. The quantitative estimate of drug-likeness (QED) is 0.913. The number of fused-ring (bicyclic) bond motifs is 1.